The Labute approximate surface area is 240 Å². The minimum Gasteiger partial charge on any atom is -0.349 e. The van der Waals surface area contributed by atoms with Crippen molar-refractivity contribution in [3.05, 3.63) is 103 Å². The lowest BCUT2D eigenvalue weighted by molar-refractivity contribution is -0.137. The highest BCUT2D eigenvalue weighted by molar-refractivity contribution is 5.67. The molecule has 8 heteroatoms. The van der Waals surface area contributed by atoms with Crippen LogP contribution >= 0.6 is 0 Å². The minimum absolute atomic E-state index is 0.305. The maximum atomic E-state index is 13.1. The second-order valence-electron chi connectivity index (χ2n) is 10.9. The van der Waals surface area contributed by atoms with Crippen molar-refractivity contribution in [1.29, 1.82) is 0 Å². The molecule has 0 aliphatic carbocycles. The van der Waals surface area contributed by atoms with Gasteiger partial charge >= 0.3 is 6.18 Å². The lowest BCUT2D eigenvalue weighted by Gasteiger charge is -2.40. The van der Waals surface area contributed by atoms with Gasteiger partial charge in [0, 0.05) is 68.7 Å². The molecule has 2 aromatic heterocycles. The van der Waals surface area contributed by atoms with Crippen molar-refractivity contribution in [2.24, 2.45) is 0 Å². The normalized spacial score (nSPS) is 14.8. The van der Waals surface area contributed by atoms with Crippen molar-refractivity contribution in [2.45, 2.75) is 51.5 Å². The van der Waals surface area contributed by atoms with E-state index in [9.17, 15) is 13.2 Å². The fourth-order valence-electron chi connectivity index (χ4n) is 5.46. The van der Waals surface area contributed by atoms with Gasteiger partial charge in [-0.1, -0.05) is 24.3 Å². The third-order valence-electron chi connectivity index (χ3n) is 7.98. The molecule has 5 nitrogen and oxygen atoms in total. The van der Waals surface area contributed by atoms with Gasteiger partial charge in [-0.15, -0.1) is 0 Å². The molecular formula is C33H36F3N5. The smallest absolute Gasteiger partial charge is 0.349 e. The molecule has 0 bridgehead atoms. The molecule has 0 saturated carbocycles. The third kappa shape index (κ3) is 6.88. The molecule has 1 saturated heterocycles. The number of piperidine rings is 1. The summed E-state index contributed by atoms with van der Waals surface area (Å²) in [6.45, 7) is 7.20. The summed E-state index contributed by atoms with van der Waals surface area (Å²) in [5.74, 6) is 0.836. The summed E-state index contributed by atoms with van der Waals surface area (Å²) in [4.78, 5) is 15.9. The Morgan fingerprint density at radius 1 is 0.829 bits per heavy atom. The number of pyridine rings is 2. The summed E-state index contributed by atoms with van der Waals surface area (Å²) in [7, 11) is 2.04. The number of aromatic nitrogens is 2. The van der Waals surface area contributed by atoms with Gasteiger partial charge in [0.15, 0.2) is 0 Å². The highest BCUT2D eigenvalue weighted by Gasteiger charge is 2.30. The van der Waals surface area contributed by atoms with Crippen LogP contribution in [0.1, 0.15) is 37.8 Å². The maximum absolute atomic E-state index is 13.1. The molecule has 0 N–H and O–H groups in total. The zero-order valence-electron chi connectivity index (χ0n) is 23.7. The summed E-state index contributed by atoms with van der Waals surface area (Å²) >= 11 is 0. The fourth-order valence-corrected chi connectivity index (χ4v) is 5.46. The van der Waals surface area contributed by atoms with Gasteiger partial charge in [0.05, 0.1) is 5.56 Å². The van der Waals surface area contributed by atoms with E-state index in [-0.39, 0.29) is 0 Å². The van der Waals surface area contributed by atoms with Crippen LogP contribution in [0.4, 0.5) is 30.4 Å². The minimum atomic E-state index is -4.35. The molecule has 4 aromatic rings. The molecule has 0 spiro atoms. The van der Waals surface area contributed by atoms with E-state index in [1.54, 1.807) is 18.6 Å². The number of anilines is 3. The van der Waals surface area contributed by atoms with E-state index in [4.69, 9.17) is 4.98 Å². The van der Waals surface area contributed by atoms with Crippen LogP contribution in [-0.4, -0.2) is 47.1 Å². The van der Waals surface area contributed by atoms with E-state index in [1.165, 1.54) is 17.7 Å². The van der Waals surface area contributed by atoms with Gasteiger partial charge in [0.25, 0.3) is 0 Å². The van der Waals surface area contributed by atoms with Crippen LogP contribution < -0.4 is 9.80 Å². The number of nitrogens with zero attached hydrogens (tertiary/aromatic N) is 5. The molecule has 0 atom stereocenters. The Kier molecular flexibility index (Phi) is 8.59. The highest BCUT2D eigenvalue weighted by atomic mass is 19.4. The summed E-state index contributed by atoms with van der Waals surface area (Å²) in [6, 6.07) is 22.5. The predicted molar refractivity (Wildman–Crippen MR) is 159 cm³/mol. The molecule has 1 aliphatic rings. The molecule has 214 valence electrons. The molecule has 5 rings (SSSR count). The average Bonchev–Trinajstić information content (AvgIpc) is 3.00. The number of hydrogen-bond acceptors (Lipinski definition) is 5. The Morgan fingerprint density at radius 3 is 2.07 bits per heavy atom. The summed E-state index contributed by atoms with van der Waals surface area (Å²) in [6.07, 6.45) is 3.01. The SMILES string of the molecule is CC(C)N1CCC(N(Cc2ccc(N(C)c3ccncc3)cc2)c2cc(-c3ccc(C(F)(F)F)cc3)ccn2)CC1. The predicted octanol–water partition coefficient (Wildman–Crippen LogP) is 7.81. The lowest BCUT2D eigenvalue weighted by Crippen LogP contribution is -2.47. The largest absolute Gasteiger partial charge is 0.416 e. The number of halogens is 3. The third-order valence-corrected chi connectivity index (χ3v) is 7.98. The first kappa shape index (κ1) is 28.6. The fraction of sp³-hybridized carbons (Fsp3) is 0.333. The van der Waals surface area contributed by atoms with Crippen molar-refractivity contribution in [3.63, 3.8) is 0 Å². The molecule has 0 unspecified atom stereocenters. The summed E-state index contributed by atoms with van der Waals surface area (Å²) < 4.78 is 39.3. The first-order chi connectivity index (χ1) is 19.7. The van der Waals surface area contributed by atoms with Gasteiger partial charge in [-0.3, -0.25) is 4.98 Å². The van der Waals surface area contributed by atoms with Gasteiger partial charge in [0.1, 0.15) is 5.82 Å². The van der Waals surface area contributed by atoms with Crippen molar-refractivity contribution in [1.82, 2.24) is 14.9 Å². The van der Waals surface area contributed by atoms with Gasteiger partial charge in [0.2, 0.25) is 0 Å². The Hall–Kier alpha value is -3.91. The van der Waals surface area contributed by atoms with Crippen molar-refractivity contribution in [3.8, 4) is 11.1 Å². The molecule has 1 aliphatic heterocycles. The number of hydrogen-bond donors (Lipinski definition) is 0. The van der Waals surface area contributed by atoms with Crippen molar-refractivity contribution >= 4 is 17.2 Å². The van der Waals surface area contributed by atoms with E-state index in [0.29, 0.717) is 18.6 Å². The number of likely N-dealkylation sites (tertiary alicyclic amines) is 1. The molecular weight excluding hydrogens is 523 g/mol. The first-order valence-corrected chi connectivity index (χ1v) is 14.1. The zero-order valence-corrected chi connectivity index (χ0v) is 23.7. The van der Waals surface area contributed by atoms with E-state index in [0.717, 1.165) is 66.4 Å². The number of rotatable bonds is 8. The molecule has 3 heterocycles. The van der Waals surface area contributed by atoms with E-state index in [2.05, 4.69) is 57.8 Å². The lowest BCUT2D eigenvalue weighted by atomic mass is 10.00. The van der Waals surface area contributed by atoms with Crippen molar-refractivity contribution in [2.75, 3.05) is 29.9 Å². The van der Waals surface area contributed by atoms with Gasteiger partial charge < -0.3 is 14.7 Å². The molecule has 2 aromatic carbocycles. The monoisotopic (exact) mass is 559 g/mol. The van der Waals surface area contributed by atoms with E-state index < -0.39 is 11.7 Å². The van der Waals surface area contributed by atoms with Crippen LogP contribution in [0.3, 0.4) is 0 Å². The van der Waals surface area contributed by atoms with Crippen molar-refractivity contribution < 1.29 is 13.2 Å². The first-order valence-electron chi connectivity index (χ1n) is 14.1. The van der Waals surface area contributed by atoms with E-state index >= 15 is 0 Å². The second kappa shape index (κ2) is 12.3. The molecule has 41 heavy (non-hydrogen) atoms. The highest BCUT2D eigenvalue weighted by Crippen LogP contribution is 2.33. The second-order valence-corrected chi connectivity index (χ2v) is 10.9. The summed E-state index contributed by atoms with van der Waals surface area (Å²) in [5.41, 5.74) is 4.26. The maximum Gasteiger partial charge on any atom is 0.416 e. The Morgan fingerprint density at radius 2 is 1.46 bits per heavy atom. The van der Waals surface area contributed by atoms with Gasteiger partial charge in [-0.05, 0) is 91.9 Å². The molecule has 0 radical (unpaired) electrons. The van der Waals surface area contributed by atoms with Crippen LogP contribution in [-0.2, 0) is 12.7 Å². The quantitative estimate of drug-likeness (QED) is 0.220. The average molecular weight is 560 g/mol. The summed E-state index contributed by atoms with van der Waals surface area (Å²) in [5, 5.41) is 0. The van der Waals surface area contributed by atoms with Gasteiger partial charge in [-0.2, -0.15) is 13.2 Å². The Bertz CT molecular complexity index is 1400. The number of benzene rings is 2. The standard InChI is InChI=1S/C33H36F3N5/c1-24(2)40-20-15-31(16-21-40)41(23-25-4-10-29(11-5-25)39(3)30-13-17-37-18-14-30)32-22-27(12-19-38-32)26-6-8-28(9-7-26)33(34,35)36/h4-14,17-19,22,24,31H,15-16,20-21,23H2,1-3H3. The van der Waals surface area contributed by atoms with Crippen LogP contribution in [0.5, 0.6) is 0 Å². The zero-order chi connectivity index (χ0) is 29.0. The van der Waals surface area contributed by atoms with Crippen LogP contribution in [0.15, 0.2) is 91.4 Å². The van der Waals surface area contributed by atoms with Crippen LogP contribution in [0.2, 0.25) is 0 Å². The Balaban J connectivity index is 1.41. The van der Waals surface area contributed by atoms with Crippen LogP contribution in [0, 0.1) is 0 Å². The van der Waals surface area contributed by atoms with Gasteiger partial charge in [-0.25, -0.2) is 4.98 Å². The van der Waals surface area contributed by atoms with E-state index in [1.807, 2.05) is 31.3 Å². The topological polar surface area (TPSA) is 35.5 Å². The molecule has 0 amide bonds. The number of alkyl halides is 3. The molecule has 1 fully saturated rings. The van der Waals surface area contributed by atoms with Crippen LogP contribution in [0.25, 0.3) is 11.1 Å².